The van der Waals surface area contributed by atoms with E-state index < -0.39 is 5.82 Å². The summed E-state index contributed by atoms with van der Waals surface area (Å²) in [6.07, 6.45) is 7.02. The minimum Gasteiger partial charge on any atom is -0.356 e. The normalized spacial score (nSPS) is 12.2. The molecule has 0 bridgehead atoms. The number of benzene rings is 2. The highest BCUT2D eigenvalue weighted by Gasteiger charge is 2.23. The number of fused-ring (bicyclic) bond motifs is 3. The fraction of sp³-hybridized carbons (Fsp3) is 0.214. The van der Waals surface area contributed by atoms with Crippen molar-refractivity contribution in [3.63, 3.8) is 0 Å². The molecule has 0 amide bonds. The summed E-state index contributed by atoms with van der Waals surface area (Å²) in [5.74, 6) is -0.442. The number of hydrogen-bond acceptors (Lipinski definition) is 5. The van der Waals surface area contributed by atoms with Gasteiger partial charge in [0.2, 0.25) is 0 Å². The van der Waals surface area contributed by atoms with Gasteiger partial charge in [0.25, 0.3) is 5.56 Å². The van der Waals surface area contributed by atoms with Gasteiger partial charge in [-0.15, -0.1) is 11.8 Å². The average molecular weight is 532 g/mol. The third-order valence-corrected chi connectivity index (χ3v) is 7.84. The van der Waals surface area contributed by atoms with Crippen LogP contribution in [0.2, 0.25) is 5.02 Å². The fourth-order valence-corrected chi connectivity index (χ4v) is 5.51. The van der Waals surface area contributed by atoms with Gasteiger partial charge in [-0.1, -0.05) is 23.7 Å². The number of aromatic nitrogens is 4. The lowest BCUT2D eigenvalue weighted by Crippen LogP contribution is -2.23. The summed E-state index contributed by atoms with van der Waals surface area (Å²) in [5.41, 5.74) is 4.15. The number of rotatable bonds is 6. The Kier molecular flexibility index (Phi) is 6.76. The van der Waals surface area contributed by atoms with E-state index in [2.05, 4.69) is 16.0 Å². The molecule has 0 radical (unpaired) electrons. The van der Waals surface area contributed by atoms with Gasteiger partial charge >= 0.3 is 0 Å². The smallest absolute Gasteiger partial charge is 0.269 e. The summed E-state index contributed by atoms with van der Waals surface area (Å²) in [6.45, 7) is 3.78. The van der Waals surface area contributed by atoms with Gasteiger partial charge in [0.05, 0.1) is 23.8 Å². The van der Waals surface area contributed by atoms with Crippen LogP contribution in [-0.2, 0) is 6.42 Å². The molecule has 0 aliphatic rings. The van der Waals surface area contributed by atoms with E-state index in [1.807, 2.05) is 38.3 Å². The first-order chi connectivity index (χ1) is 17.8. The number of H-pyrrole nitrogens is 1. The molecule has 3 aromatic heterocycles. The van der Waals surface area contributed by atoms with Crippen LogP contribution in [0.5, 0.6) is 0 Å². The second-order valence-corrected chi connectivity index (χ2v) is 10.0. The van der Waals surface area contributed by atoms with Crippen molar-refractivity contribution in [1.82, 2.24) is 19.5 Å². The summed E-state index contributed by atoms with van der Waals surface area (Å²) in [5, 5.41) is 12.0. The topological polar surface area (TPSA) is 87.4 Å². The lowest BCUT2D eigenvalue weighted by atomic mass is 9.91. The van der Waals surface area contributed by atoms with Crippen molar-refractivity contribution in [1.29, 1.82) is 5.26 Å². The molecule has 2 aromatic carbocycles. The molecular weight excluding hydrogens is 509 g/mol. The summed E-state index contributed by atoms with van der Waals surface area (Å²) >= 11 is 7.81. The molecule has 1 N–H and O–H groups in total. The Hall–Kier alpha value is -3.67. The van der Waals surface area contributed by atoms with Crippen molar-refractivity contribution >= 4 is 45.2 Å². The van der Waals surface area contributed by atoms with Crippen LogP contribution in [-0.4, -0.2) is 25.8 Å². The molecule has 0 aliphatic carbocycles. The number of nitrogens with zero attached hydrogens (tertiary/aromatic N) is 4. The van der Waals surface area contributed by atoms with Crippen molar-refractivity contribution in [2.24, 2.45) is 0 Å². The molecule has 186 valence electrons. The molecule has 0 spiro atoms. The van der Waals surface area contributed by atoms with Gasteiger partial charge in [-0.3, -0.25) is 9.78 Å². The lowest BCUT2D eigenvalue weighted by molar-refractivity contribution is 0.598. The minimum absolute atomic E-state index is 0.215. The molecular formula is C28H23ClFN5OS. The Morgan fingerprint density at radius 3 is 2.84 bits per heavy atom. The summed E-state index contributed by atoms with van der Waals surface area (Å²) in [6, 6.07) is 11.2. The quantitative estimate of drug-likeness (QED) is 0.243. The van der Waals surface area contributed by atoms with Crippen LogP contribution in [0.25, 0.3) is 32.9 Å². The van der Waals surface area contributed by atoms with Crippen molar-refractivity contribution in [3.8, 4) is 17.2 Å². The first kappa shape index (κ1) is 25.0. The van der Waals surface area contributed by atoms with Gasteiger partial charge in [-0.25, -0.2) is 9.37 Å². The van der Waals surface area contributed by atoms with Crippen LogP contribution in [0.3, 0.4) is 0 Å². The molecule has 0 fully saturated rings. The maximum Gasteiger partial charge on any atom is 0.269 e. The van der Waals surface area contributed by atoms with E-state index in [9.17, 15) is 10.1 Å². The maximum absolute atomic E-state index is 16.4. The molecule has 5 aromatic rings. The SMILES string of the molecule is CSc1nc2c(F)c(-c3cccc(Cl)c3C)c(CCC#N)cc2c2[nH]c(C(C)n3ccncc3=O)cc12. The van der Waals surface area contributed by atoms with E-state index in [-0.39, 0.29) is 23.5 Å². The predicted octanol–water partition coefficient (Wildman–Crippen LogP) is 6.83. The van der Waals surface area contributed by atoms with Crippen molar-refractivity contribution in [2.75, 3.05) is 6.26 Å². The van der Waals surface area contributed by atoms with Crippen LogP contribution < -0.4 is 5.56 Å². The Bertz CT molecular complexity index is 1770. The second kappa shape index (κ2) is 10.0. The number of aryl methyl sites for hydroxylation is 1. The van der Waals surface area contributed by atoms with Crippen LogP contribution in [0.4, 0.5) is 4.39 Å². The predicted molar refractivity (Wildman–Crippen MR) is 147 cm³/mol. The van der Waals surface area contributed by atoms with E-state index >= 15 is 4.39 Å². The molecule has 1 atom stereocenters. The van der Waals surface area contributed by atoms with Gasteiger partial charge in [0.1, 0.15) is 10.5 Å². The number of nitrogens with one attached hydrogen (secondary N) is 1. The third-order valence-electron chi connectivity index (χ3n) is 6.73. The van der Waals surface area contributed by atoms with Gasteiger partial charge in [-0.05, 0) is 61.4 Å². The third kappa shape index (κ3) is 4.28. The maximum atomic E-state index is 16.4. The summed E-state index contributed by atoms with van der Waals surface area (Å²) < 4.78 is 18.0. The zero-order valence-corrected chi connectivity index (χ0v) is 22.0. The Balaban J connectivity index is 1.82. The van der Waals surface area contributed by atoms with Crippen LogP contribution in [0.15, 0.2) is 58.7 Å². The van der Waals surface area contributed by atoms with E-state index in [0.29, 0.717) is 38.5 Å². The first-order valence-electron chi connectivity index (χ1n) is 11.7. The highest BCUT2D eigenvalue weighted by molar-refractivity contribution is 7.98. The summed E-state index contributed by atoms with van der Waals surface area (Å²) in [7, 11) is 0. The minimum atomic E-state index is -0.442. The van der Waals surface area contributed by atoms with Crippen molar-refractivity contribution < 1.29 is 4.39 Å². The van der Waals surface area contributed by atoms with E-state index in [1.54, 1.807) is 29.1 Å². The zero-order chi connectivity index (χ0) is 26.3. The molecule has 37 heavy (non-hydrogen) atoms. The van der Waals surface area contributed by atoms with E-state index in [4.69, 9.17) is 16.6 Å². The number of aromatic amines is 1. The highest BCUT2D eigenvalue weighted by atomic mass is 35.5. The average Bonchev–Trinajstić information content (AvgIpc) is 3.35. The zero-order valence-electron chi connectivity index (χ0n) is 20.5. The Labute approximate surface area is 222 Å². The number of halogens is 2. The number of hydrogen-bond donors (Lipinski definition) is 1. The van der Waals surface area contributed by atoms with Crippen molar-refractivity contribution in [3.05, 3.63) is 86.9 Å². The monoisotopic (exact) mass is 531 g/mol. The highest BCUT2D eigenvalue weighted by Crippen LogP contribution is 2.40. The van der Waals surface area contributed by atoms with Crippen LogP contribution in [0.1, 0.15) is 36.2 Å². The van der Waals surface area contributed by atoms with Crippen molar-refractivity contribution in [2.45, 2.75) is 37.8 Å². The lowest BCUT2D eigenvalue weighted by Gasteiger charge is -2.16. The molecule has 1 unspecified atom stereocenters. The molecule has 9 heteroatoms. The first-order valence-corrected chi connectivity index (χ1v) is 13.3. The standard InChI is InChI=1S/C28H23ClFN5OS/c1-15-18(7-4-8-21(15)29)24-17(6-5-9-31)12-19-26-20(28(37-3)34-27(19)25(24)30)13-22(33-26)16(2)35-11-10-32-14-23(35)36/h4,7-8,10-14,16,33H,5-6H2,1-3H3. The largest absolute Gasteiger partial charge is 0.356 e. The molecule has 3 heterocycles. The molecule has 0 saturated heterocycles. The van der Waals surface area contributed by atoms with Crippen LogP contribution in [0, 0.1) is 24.1 Å². The molecule has 0 saturated carbocycles. The Morgan fingerprint density at radius 1 is 1.30 bits per heavy atom. The number of nitriles is 1. The number of thioether (sulfide) groups is 1. The summed E-state index contributed by atoms with van der Waals surface area (Å²) in [4.78, 5) is 24.5. The van der Waals surface area contributed by atoms with Gasteiger partial charge in [-0.2, -0.15) is 5.26 Å². The van der Waals surface area contributed by atoms with E-state index in [1.165, 1.54) is 18.0 Å². The molecule has 5 rings (SSSR count). The van der Waals surface area contributed by atoms with Gasteiger partial charge < -0.3 is 9.55 Å². The van der Waals surface area contributed by atoms with E-state index in [0.717, 1.165) is 22.2 Å². The number of pyridine rings is 1. The molecule has 0 aliphatic heterocycles. The fourth-order valence-electron chi connectivity index (χ4n) is 4.78. The van der Waals surface area contributed by atoms with Gasteiger partial charge in [0, 0.05) is 45.9 Å². The Morgan fingerprint density at radius 2 is 2.11 bits per heavy atom. The van der Waals surface area contributed by atoms with Crippen LogP contribution >= 0.6 is 23.4 Å². The van der Waals surface area contributed by atoms with Gasteiger partial charge in [0.15, 0.2) is 5.82 Å². The second-order valence-electron chi connectivity index (χ2n) is 8.82. The molecule has 6 nitrogen and oxygen atoms in total.